The third kappa shape index (κ3) is 2.90. The van der Waals surface area contributed by atoms with Crippen LogP contribution in [0.4, 0.5) is 0 Å². The molecular formula is C9H11N3O2. The van der Waals surface area contributed by atoms with Crippen molar-refractivity contribution in [3.05, 3.63) is 0 Å². The van der Waals surface area contributed by atoms with Crippen LogP contribution in [0.15, 0.2) is 4.99 Å². The lowest BCUT2D eigenvalue weighted by molar-refractivity contribution is -0.135. The minimum absolute atomic E-state index is 0.237. The zero-order chi connectivity index (χ0) is 10.4. The number of rotatable bonds is 4. The summed E-state index contributed by atoms with van der Waals surface area (Å²) in [5.74, 6) is 1.44. The van der Waals surface area contributed by atoms with Crippen LogP contribution in [0.2, 0.25) is 0 Å². The molecule has 0 saturated carbocycles. The molecular weight excluding hydrogens is 182 g/mol. The summed E-state index contributed by atoms with van der Waals surface area (Å²) >= 11 is 0. The molecule has 0 radical (unpaired) electrons. The predicted octanol–water partition coefficient (Wildman–Crippen LogP) is -0.608. The molecule has 2 amide bonds. The first-order valence-electron chi connectivity index (χ1n) is 4.34. The molecule has 0 aromatic heterocycles. The van der Waals surface area contributed by atoms with Crippen molar-refractivity contribution in [3.63, 3.8) is 0 Å². The fourth-order valence-corrected chi connectivity index (χ4v) is 0.969. The highest BCUT2D eigenvalue weighted by Crippen LogP contribution is 1.94. The van der Waals surface area contributed by atoms with E-state index in [1.54, 1.807) is 0 Å². The first kappa shape index (κ1) is 10.3. The lowest BCUT2D eigenvalue weighted by Gasteiger charge is -1.95. The number of aliphatic imine (C=N–C) groups is 1. The van der Waals surface area contributed by atoms with Crippen LogP contribution >= 0.6 is 0 Å². The van der Waals surface area contributed by atoms with Crippen LogP contribution in [0.1, 0.15) is 19.3 Å². The summed E-state index contributed by atoms with van der Waals surface area (Å²) in [6.07, 6.45) is 7.54. The largest absolute Gasteiger partial charge is 0.316 e. The van der Waals surface area contributed by atoms with Crippen LogP contribution in [0.5, 0.6) is 0 Å². The molecule has 2 N–H and O–H groups in total. The normalized spacial score (nSPS) is 14.6. The molecule has 0 aromatic rings. The van der Waals surface area contributed by atoms with Gasteiger partial charge in [0.05, 0.1) is 0 Å². The van der Waals surface area contributed by atoms with E-state index < -0.39 is 11.8 Å². The Morgan fingerprint density at radius 1 is 1.21 bits per heavy atom. The fourth-order valence-electron chi connectivity index (χ4n) is 0.969. The standard InChI is InChI=1S/C9H11N3O2/c1-2-3-4-5-6-10-9-11-7(13)8(14)12-9/h1H,3-6H2,(H2,10,11,12,13,14). The molecule has 5 nitrogen and oxygen atoms in total. The van der Waals surface area contributed by atoms with Gasteiger partial charge in [-0.3, -0.25) is 25.2 Å². The minimum atomic E-state index is -0.660. The van der Waals surface area contributed by atoms with E-state index >= 15 is 0 Å². The number of amides is 2. The lowest BCUT2D eigenvalue weighted by Crippen LogP contribution is -2.25. The molecule has 0 aromatic carbocycles. The molecule has 0 bridgehead atoms. The first-order chi connectivity index (χ1) is 6.74. The predicted molar refractivity (Wildman–Crippen MR) is 51.3 cm³/mol. The van der Waals surface area contributed by atoms with Gasteiger partial charge in [-0.2, -0.15) is 0 Å². The van der Waals surface area contributed by atoms with E-state index in [1.165, 1.54) is 0 Å². The minimum Gasteiger partial charge on any atom is -0.288 e. The van der Waals surface area contributed by atoms with E-state index in [1.807, 2.05) is 0 Å². The van der Waals surface area contributed by atoms with Crippen LogP contribution in [0.3, 0.4) is 0 Å². The second-order valence-corrected chi connectivity index (χ2v) is 2.80. The van der Waals surface area contributed by atoms with E-state index in [9.17, 15) is 9.59 Å². The number of terminal acetylenes is 1. The third-order valence-electron chi connectivity index (χ3n) is 1.67. The van der Waals surface area contributed by atoms with E-state index in [0.717, 1.165) is 19.3 Å². The van der Waals surface area contributed by atoms with Crippen molar-refractivity contribution in [2.75, 3.05) is 6.54 Å². The van der Waals surface area contributed by atoms with Gasteiger partial charge in [0.15, 0.2) is 0 Å². The fraction of sp³-hybridized carbons (Fsp3) is 0.444. The van der Waals surface area contributed by atoms with E-state index in [2.05, 4.69) is 21.5 Å². The van der Waals surface area contributed by atoms with Crippen molar-refractivity contribution in [2.45, 2.75) is 19.3 Å². The number of guanidine groups is 1. The molecule has 74 valence electrons. The lowest BCUT2D eigenvalue weighted by atomic mass is 10.2. The van der Waals surface area contributed by atoms with Crippen LogP contribution < -0.4 is 10.6 Å². The maximum atomic E-state index is 10.7. The highest BCUT2D eigenvalue weighted by atomic mass is 16.2. The van der Waals surface area contributed by atoms with Crippen LogP contribution in [0.25, 0.3) is 0 Å². The number of carbonyl (C=O) groups excluding carboxylic acids is 2. The molecule has 0 atom stereocenters. The van der Waals surface area contributed by atoms with E-state index in [0.29, 0.717) is 6.54 Å². The van der Waals surface area contributed by atoms with Crippen LogP contribution in [-0.4, -0.2) is 24.3 Å². The van der Waals surface area contributed by atoms with Gasteiger partial charge in [-0.1, -0.05) is 0 Å². The average Bonchev–Trinajstić information content (AvgIpc) is 2.46. The molecule has 1 aliphatic heterocycles. The van der Waals surface area contributed by atoms with Crippen LogP contribution in [-0.2, 0) is 9.59 Å². The summed E-state index contributed by atoms with van der Waals surface area (Å²) in [5.41, 5.74) is 0. The Bertz CT molecular complexity index is 297. The van der Waals surface area contributed by atoms with Gasteiger partial charge in [-0.15, -0.1) is 12.3 Å². The summed E-state index contributed by atoms with van der Waals surface area (Å²) in [6.45, 7) is 0.553. The van der Waals surface area contributed by atoms with Crippen molar-refractivity contribution >= 4 is 17.8 Å². The highest BCUT2D eigenvalue weighted by molar-refractivity contribution is 6.45. The number of carbonyl (C=O) groups is 2. The van der Waals surface area contributed by atoms with Crippen LogP contribution in [0, 0.1) is 12.3 Å². The Kier molecular flexibility index (Phi) is 3.68. The van der Waals surface area contributed by atoms with Gasteiger partial charge < -0.3 is 0 Å². The van der Waals surface area contributed by atoms with Gasteiger partial charge in [0.25, 0.3) is 0 Å². The number of nitrogens with zero attached hydrogens (tertiary/aromatic N) is 1. The second kappa shape index (κ2) is 5.02. The van der Waals surface area contributed by atoms with Gasteiger partial charge in [0.2, 0.25) is 5.96 Å². The number of hydrogen-bond acceptors (Lipinski definition) is 3. The quantitative estimate of drug-likeness (QED) is 0.355. The zero-order valence-electron chi connectivity index (χ0n) is 7.67. The summed E-state index contributed by atoms with van der Waals surface area (Å²) < 4.78 is 0. The summed E-state index contributed by atoms with van der Waals surface area (Å²) in [6, 6.07) is 0. The van der Waals surface area contributed by atoms with E-state index in [4.69, 9.17) is 6.42 Å². The summed E-state index contributed by atoms with van der Waals surface area (Å²) in [4.78, 5) is 25.4. The number of unbranched alkanes of at least 4 members (excludes halogenated alkanes) is 2. The highest BCUT2D eigenvalue weighted by Gasteiger charge is 2.24. The van der Waals surface area contributed by atoms with Gasteiger partial charge in [0, 0.05) is 13.0 Å². The molecule has 1 aliphatic rings. The van der Waals surface area contributed by atoms with Gasteiger partial charge in [-0.05, 0) is 12.8 Å². The SMILES string of the molecule is C#CCCCCN=C1NC(=O)C(=O)N1. The summed E-state index contributed by atoms with van der Waals surface area (Å²) in [5, 5.41) is 4.61. The molecule has 5 heteroatoms. The maximum Gasteiger partial charge on any atom is 0.316 e. The van der Waals surface area contributed by atoms with E-state index in [-0.39, 0.29) is 5.96 Å². The Morgan fingerprint density at radius 3 is 2.43 bits per heavy atom. The first-order valence-corrected chi connectivity index (χ1v) is 4.34. The Morgan fingerprint density at radius 2 is 1.86 bits per heavy atom. The number of hydrogen-bond donors (Lipinski definition) is 2. The molecule has 0 unspecified atom stereocenters. The number of nitrogens with one attached hydrogen (secondary N) is 2. The monoisotopic (exact) mass is 193 g/mol. The second-order valence-electron chi connectivity index (χ2n) is 2.80. The molecule has 0 spiro atoms. The van der Waals surface area contributed by atoms with Crippen molar-refractivity contribution in [3.8, 4) is 12.3 Å². The van der Waals surface area contributed by atoms with Gasteiger partial charge in [-0.25, -0.2) is 0 Å². The van der Waals surface area contributed by atoms with Gasteiger partial charge >= 0.3 is 11.8 Å². The Hall–Kier alpha value is -1.83. The Balaban J connectivity index is 2.23. The van der Waals surface area contributed by atoms with Crippen molar-refractivity contribution < 1.29 is 9.59 Å². The molecule has 1 heterocycles. The van der Waals surface area contributed by atoms with Crippen molar-refractivity contribution in [2.24, 2.45) is 4.99 Å². The molecule has 1 saturated heterocycles. The Labute approximate surface area is 82.0 Å². The molecule has 14 heavy (non-hydrogen) atoms. The maximum absolute atomic E-state index is 10.7. The zero-order valence-corrected chi connectivity index (χ0v) is 7.67. The molecule has 1 rings (SSSR count). The molecule has 0 aliphatic carbocycles. The summed E-state index contributed by atoms with van der Waals surface area (Å²) in [7, 11) is 0. The smallest absolute Gasteiger partial charge is 0.288 e. The third-order valence-corrected chi connectivity index (χ3v) is 1.67. The topological polar surface area (TPSA) is 70.6 Å². The van der Waals surface area contributed by atoms with Crippen molar-refractivity contribution in [1.82, 2.24) is 10.6 Å². The van der Waals surface area contributed by atoms with Gasteiger partial charge in [0.1, 0.15) is 0 Å². The average molecular weight is 193 g/mol. The van der Waals surface area contributed by atoms with Crippen molar-refractivity contribution in [1.29, 1.82) is 0 Å². The molecule has 1 fully saturated rings.